The molecule has 35 heavy (non-hydrogen) atoms. The van der Waals surface area contributed by atoms with E-state index >= 15 is 0 Å². The number of pyridine rings is 1. The third-order valence-corrected chi connectivity index (χ3v) is 5.38. The molecule has 0 radical (unpaired) electrons. The number of hydrogen-bond donors (Lipinski definition) is 4. The summed E-state index contributed by atoms with van der Waals surface area (Å²) in [5.74, 6) is 0.347. The lowest BCUT2D eigenvalue weighted by Gasteiger charge is -2.18. The summed E-state index contributed by atoms with van der Waals surface area (Å²) < 4.78 is 1.36. The normalized spacial score (nSPS) is 11.5. The molecule has 4 aromatic rings. The highest BCUT2D eigenvalue weighted by atomic mass is 16.2. The predicted molar refractivity (Wildman–Crippen MR) is 138 cm³/mol. The van der Waals surface area contributed by atoms with Crippen molar-refractivity contribution in [2.24, 2.45) is 12.8 Å². The Labute approximate surface area is 203 Å². The number of carbonyl (C=O) groups is 1. The molecule has 0 aliphatic heterocycles. The van der Waals surface area contributed by atoms with Gasteiger partial charge in [0.1, 0.15) is 11.4 Å². The topological polar surface area (TPSA) is 127 Å². The second kappa shape index (κ2) is 11.1. The van der Waals surface area contributed by atoms with Crippen molar-refractivity contribution in [2.45, 2.75) is 12.5 Å². The number of carbonyl (C=O) groups excluding carboxylic acids is 1. The van der Waals surface area contributed by atoms with Crippen LogP contribution in [0.2, 0.25) is 0 Å². The van der Waals surface area contributed by atoms with Gasteiger partial charge in [-0.05, 0) is 36.2 Å². The molecular weight excluding hydrogens is 442 g/mol. The Balaban J connectivity index is 1.59. The summed E-state index contributed by atoms with van der Waals surface area (Å²) in [5, 5.41) is 8.58. The summed E-state index contributed by atoms with van der Waals surface area (Å²) in [4.78, 5) is 34.7. The number of nitrogens with zero attached hydrogens (tertiary/aromatic N) is 3. The Bertz CT molecular complexity index is 1330. The zero-order chi connectivity index (χ0) is 24.6. The van der Waals surface area contributed by atoms with E-state index in [0.29, 0.717) is 35.9 Å². The summed E-state index contributed by atoms with van der Waals surface area (Å²) in [6.07, 6.45) is 3.88. The van der Waals surface area contributed by atoms with E-state index in [1.165, 1.54) is 4.57 Å². The maximum Gasteiger partial charge on any atom is 0.323 e. The summed E-state index contributed by atoms with van der Waals surface area (Å²) >= 11 is 0. The van der Waals surface area contributed by atoms with E-state index in [9.17, 15) is 9.59 Å². The molecule has 0 saturated heterocycles. The Morgan fingerprint density at radius 2 is 1.63 bits per heavy atom. The van der Waals surface area contributed by atoms with Crippen molar-refractivity contribution >= 4 is 23.4 Å². The van der Waals surface area contributed by atoms with Gasteiger partial charge >= 0.3 is 6.03 Å². The Morgan fingerprint density at radius 3 is 2.31 bits per heavy atom. The number of rotatable bonds is 8. The number of aromatic nitrogens is 3. The van der Waals surface area contributed by atoms with Crippen LogP contribution in [0.4, 0.5) is 22.1 Å². The SMILES string of the molecule is Cn1c(NC[C@@H](N)Cc2ccccc2)nc(-c2ccncc2)c(NC(=O)Nc2ccccc2)c1=O. The first kappa shape index (κ1) is 23.7. The molecule has 2 aromatic carbocycles. The van der Waals surface area contributed by atoms with Crippen molar-refractivity contribution in [3.05, 3.63) is 101 Å². The van der Waals surface area contributed by atoms with Gasteiger partial charge in [0.05, 0.1) is 0 Å². The van der Waals surface area contributed by atoms with Crippen molar-refractivity contribution in [2.75, 3.05) is 22.5 Å². The van der Waals surface area contributed by atoms with Crippen LogP contribution in [-0.4, -0.2) is 33.2 Å². The second-order valence-electron chi connectivity index (χ2n) is 8.03. The van der Waals surface area contributed by atoms with Crippen molar-refractivity contribution in [1.82, 2.24) is 14.5 Å². The van der Waals surface area contributed by atoms with Gasteiger partial charge in [-0.1, -0.05) is 48.5 Å². The standard InChI is InChI=1S/C26H27N7O2/c1-33-24(34)23(32-26(35)30-21-10-6-3-7-11-21)22(19-12-14-28-15-13-19)31-25(33)29-17-20(27)16-18-8-4-2-5-9-18/h2-15,20H,16-17,27H2,1H3,(H,29,31)(H2,30,32,35)/t20-/m0/s1. The smallest absolute Gasteiger partial charge is 0.323 e. The van der Waals surface area contributed by atoms with Gasteiger partial charge in [0.2, 0.25) is 5.95 Å². The van der Waals surface area contributed by atoms with Gasteiger partial charge in [-0.25, -0.2) is 9.78 Å². The molecule has 4 rings (SSSR count). The molecule has 9 heteroatoms. The molecule has 2 aromatic heterocycles. The van der Waals surface area contributed by atoms with Crippen LogP contribution < -0.4 is 27.2 Å². The van der Waals surface area contributed by atoms with Crippen molar-refractivity contribution in [3.63, 3.8) is 0 Å². The molecule has 2 heterocycles. The highest BCUT2D eigenvalue weighted by molar-refractivity contribution is 6.01. The van der Waals surface area contributed by atoms with Crippen molar-refractivity contribution < 1.29 is 4.79 Å². The molecule has 5 N–H and O–H groups in total. The first-order valence-electron chi connectivity index (χ1n) is 11.2. The molecule has 178 valence electrons. The molecule has 2 amide bonds. The minimum Gasteiger partial charge on any atom is -0.354 e. The van der Waals surface area contributed by atoms with Gasteiger partial charge < -0.3 is 21.7 Å². The van der Waals surface area contributed by atoms with Gasteiger partial charge in [-0.2, -0.15) is 0 Å². The maximum atomic E-state index is 13.3. The quantitative estimate of drug-likeness (QED) is 0.313. The molecule has 0 aliphatic carbocycles. The van der Waals surface area contributed by atoms with Gasteiger partial charge in [0.25, 0.3) is 5.56 Å². The Hall–Kier alpha value is -4.50. The minimum absolute atomic E-state index is 0.0614. The monoisotopic (exact) mass is 469 g/mol. The number of nitrogens with two attached hydrogens (primary N) is 1. The fraction of sp³-hybridized carbons (Fsp3) is 0.154. The number of amides is 2. The molecule has 1 atom stereocenters. The van der Waals surface area contributed by atoms with E-state index in [2.05, 4.69) is 25.9 Å². The molecule has 0 aliphatic rings. The van der Waals surface area contributed by atoms with Gasteiger partial charge in [0.15, 0.2) is 0 Å². The number of nitrogens with one attached hydrogen (secondary N) is 3. The molecule has 9 nitrogen and oxygen atoms in total. The van der Waals surface area contributed by atoms with E-state index in [-0.39, 0.29) is 11.7 Å². The van der Waals surface area contributed by atoms with Crippen LogP contribution >= 0.6 is 0 Å². The molecular formula is C26H27N7O2. The van der Waals surface area contributed by atoms with Crippen molar-refractivity contribution in [3.8, 4) is 11.3 Å². The number of benzene rings is 2. The Kier molecular flexibility index (Phi) is 7.49. The zero-order valence-corrected chi connectivity index (χ0v) is 19.3. The van der Waals surface area contributed by atoms with Crippen LogP contribution in [0, 0.1) is 0 Å². The average Bonchev–Trinajstić information content (AvgIpc) is 2.88. The fourth-order valence-electron chi connectivity index (χ4n) is 3.60. The van der Waals surface area contributed by atoms with E-state index in [1.54, 1.807) is 43.7 Å². The van der Waals surface area contributed by atoms with Crippen LogP contribution in [0.1, 0.15) is 5.56 Å². The van der Waals surface area contributed by atoms with E-state index in [1.807, 2.05) is 48.5 Å². The highest BCUT2D eigenvalue weighted by Crippen LogP contribution is 2.24. The van der Waals surface area contributed by atoms with Crippen LogP contribution in [0.5, 0.6) is 0 Å². The van der Waals surface area contributed by atoms with Gasteiger partial charge in [-0.3, -0.25) is 14.3 Å². The van der Waals surface area contributed by atoms with Crippen molar-refractivity contribution in [1.29, 1.82) is 0 Å². The van der Waals surface area contributed by atoms with E-state index < -0.39 is 11.6 Å². The molecule has 0 spiro atoms. The Morgan fingerprint density at radius 1 is 0.971 bits per heavy atom. The first-order valence-corrected chi connectivity index (χ1v) is 11.2. The molecule has 0 fully saturated rings. The van der Waals surface area contributed by atoms with Gasteiger partial charge in [0, 0.05) is 43.3 Å². The fourth-order valence-corrected chi connectivity index (χ4v) is 3.60. The maximum absolute atomic E-state index is 13.3. The number of urea groups is 1. The lowest BCUT2D eigenvalue weighted by molar-refractivity contribution is 0.262. The van der Waals surface area contributed by atoms with Crippen LogP contribution in [0.25, 0.3) is 11.3 Å². The van der Waals surface area contributed by atoms with Crippen LogP contribution in [-0.2, 0) is 13.5 Å². The molecule has 0 saturated carbocycles. The lowest BCUT2D eigenvalue weighted by Crippen LogP contribution is -2.34. The second-order valence-corrected chi connectivity index (χ2v) is 8.03. The van der Waals surface area contributed by atoms with Crippen LogP contribution in [0.15, 0.2) is 90.0 Å². The lowest BCUT2D eigenvalue weighted by atomic mass is 10.1. The predicted octanol–water partition coefficient (Wildman–Crippen LogP) is 3.47. The first-order chi connectivity index (χ1) is 17.0. The molecule has 0 unspecified atom stereocenters. The summed E-state index contributed by atoms with van der Waals surface area (Å²) in [7, 11) is 1.59. The number of hydrogen-bond acceptors (Lipinski definition) is 6. The van der Waals surface area contributed by atoms with E-state index in [4.69, 9.17) is 5.73 Å². The largest absolute Gasteiger partial charge is 0.354 e. The zero-order valence-electron chi connectivity index (χ0n) is 19.3. The molecule has 0 bridgehead atoms. The number of anilines is 3. The number of para-hydroxylation sites is 1. The third-order valence-electron chi connectivity index (χ3n) is 5.38. The third kappa shape index (κ3) is 6.10. The average molecular weight is 470 g/mol. The summed E-state index contributed by atoms with van der Waals surface area (Å²) in [6, 6.07) is 21.7. The minimum atomic E-state index is -0.545. The summed E-state index contributed by atoms with van der Waals surface area (Å²) in [6.45, 7) is 0.409. The van der Waals surface area contributed by atoms with Gasteiger partial charge in [-0.15, -0.1) is 0 Å². The van der Waals surface area contributed by atoms with Crippen LogP contribution in [0.3, 0.4) is 0 Å². The summed E-state index contributed by atoms with van der Waals surface area (Å²) in [5.41, 5.74) is 8.67. The highest BCUT2D eigenvalue weighted by Gasteiger charge is 2.19. The van der Waals surface area contributed by atoms with E-state index in [0.717, 1.165) is 5.56 Å².